The summed E-state index contributed by atoms with van der Waals surface area (Å²) in [4.78, 5) is 23.1. The second kappa shape index (κ2) is 25.8. The first kappa shape index (κ1) is 42.6. The van der Waals surface area contributed by atoms with Gasteiger partial charge in [0.1, 0.15) is 5.54 Å². The van der Waals surface area contributed by atoms with E-state index >= 15 is 0 Å². The Morgan fingerprint density at radius 1 is 0.978 bits per heavy atom. The Hall–Kier alpha value is -3.35. The third-order valence-corrected chi connectivity index (χ3v) is 7.34. The van der Waals surface area contributed by atoms with Crippen LogP contribution in [0.15, 0.2) is 101 Å². The third kappa shape index (κ3) is 16.3. The Morgan fingerprint density at radius 3 is 2.09 bits per heavy atom. The summed E-state index contributed by atoms with van der Waals surface area (Å²) >= 11 is 0. The van der Waals surface area contributed by atoms with Crippen LogP contribution in [0.4, 0.5) is 0 Å². The fourth-order valence-corrected chi connectivity index (χ4v) is 4.92. The minimum atomic E-state index is -0.747. The summed E-state index contributed by atoms with van der Waals surface area (Å²) in [7, 11) is 0. The molecule has 46 heavy (non-hydrogen) atoms. The number of allylic oxidation sites excluding steroid dienone is 8. The van der Waals surface area contributed by atoms with Crippen molar-refractivity contribution < 1.29 is 15.0 Å². The lowest BCUT2D eigenvalue weighted by Crippen LogP contribution is -2.42. The number of carbonyl (C=O) groups is 1. The molecule has 2 N–H and O–H groups in total. The molecule has 4 aliphatic rings. The monoisotopic (exact) mass is 633 g/mol. The second-order valence-corrected chi connectivity index (χ2v) is 11.0. The van der Waals surface area contributed by atoms with Crippen molar-refractivity contribution in [3.05, 3.63) is 96.2 Å². The normalized spacial score (nSPS) is 21.1. The minimum absolute atomic E-state index is 0.00439. The van der Waals surface area contributed by atoms with Gasteiger partial charge in [0.15, 0.2) is 0 Å². The Bertz CT molecular complexity index is 1160. The third-order valence-electron chi connectivity index (χ3n) is 7.34. The van der Waals surface area contributed by atoms with E-state index in [0.717, 1.165) is 49.3 Å². The summed E-state index contributed by atoms with van der Waals surface area (Å²) in [6, 6.07) is 10.1. The fraction of sp³-hybridized carbons (Fsp3) is 0.525. The second-order valence-electron chi connectivity index (χ2n) is 11.0. The van der Waals surface area contributed by atoms with E-state index < -0.39 is 5.97 Å². The number of aliphatic hydroxyl groups excluding tert-OH is 1. The number of likely N-dealkylation sites (tertiary alicyclic amines) is 1. The molecule has 3 unspecified atom stereocenters. The lowest BCUT2D eigenvalue weighted by molar-refractivity contribution is -0.138. The molecule has 1 aromatic carbocycles. The first-order valence-corrected chi connectivity index (χ1v) is 17.4. The molecule has 2 aliphatic carbocycles. The van der Waals surface area contributed by atoms with Gasteiger partial charge in [-0.25, -0.2) is 0 Å². The van der Waals surface area contributed by atoms with Crippen LogP contribution in [0.1, 0.15) is 106 Å². The molecule has 2 aliphatic heterocycles. The zero-order valence-electron chi connectivity index (χ0n) is 30.2. The van der Waals surface area contributed by atoms with Crippen LogP contribution in [0.3, 0.4) is 0 Å². The van der Waals surface area contributed by atoms with Crippen LogP contribution in [0.25, 0.3) is 0 Å². The summed E-state index contributed by atoms with van der Waals surface area (Å²) in [6.07, 6.45) is 24.2. The molecule has 1 aromatic rings. The van der Waals surface area contributed by atoms with Crippen LogP contribution in [-0.2, 0) is 4.79 Å². The van der Waals surface area contributed by atoms with Gasteiger partial charge in [0.05, 0.1) is 24.2 Å². The van der Waals surface area contributed by atoms with E-state index in [4.69, 9.17) is 20.2 Å². The van der Waals surface area contributed by atoms with Gasteiger partial charge in [0.2, 0.25) is 0 Å². The van der Waals surface area contributed by atoms with Crippen LogP contribution in [0.2, 0.25) is 0 Å². The number of aliphatic imine (C=N–C) groups is 2. The number of aliphatic carboxylic acids is 1. The van der Waals surface area contributed by atoms with Crippen molar-refractivity contribution in [2.24, 2.45) is 15.9 Å². The summed E-state index contributed by atoms with van der Waals surface area (Å²) in [5, 5.41) is 17.5. The van der Waals surface area contributed by atoms with Crippen LogP contribution in [0, 0.1) is 5.92 Å². The average molecular weight is 634 g/mol. The van der Waals surface area contributed by atoms with Crippen molar-refractivity contribution in [1.82, 2.24) is 4.90 Å². The highest BCUT2D eigenvalue weighted by Gasteiger charge is 2.37. The number of nitrogens with zero attached hydrogens (tertiary/aromatic N) is 3. The molecule has 3 atom stereocenters. The lowest BCUT2D eigenvalue weighted by atomic mass is 9.83. The van der Waals surface area contributed by atoms with E-state index in [2.05, 4.69) is 68.5 Å². The number of aliphatic hydroxyl groups is 1. The van der Waals surface area contributed by atoms with E-state index in [0.29, 0.717) is 0 Å². The van der Waals surface area contributed by atoms with Gasteiger partial charge in [0.25, 0.3) is 0 Å². The van der Waals surface area contributed by atoms with Gasteiger partial charge in [-0.3, -0.25) is 19.7 Å². The van der Waals surface area contributed by atoms with Crippen LogP contribution in [-0.4, -0.2) is 63.9 Å². The minimum Gasteiger partial charge on any atom is -0.481 e. The number of carboxylic acid groups (broad SMARTS) is 1. The van der Waals surface area contributed by atoms with Gasteiger partial charge in [-0.2, -0.15) is 0 Å². The molecule has 0 amide bonds. The summed E-state index contributed by atoms with van der Waals surface area (Å²) < 4.78 is 0. The van der Waals surface area contributed by atoms with Gasteiger partial charge >= 0.3 is 5.97 Å². The SMILES string of the molecule is C1=CC=CCC=C1.CC.CC.CC.CC1=CC2N=C(CCC(C)CC(=O)O)C(c3ccccc3)=NC2(C)C=C1.OCN1CCCC1. The molecule has 6 heteroatoms. The van der Waals surface area contributed by atoms with Crippen molar-refractivity contribution in [2.75, 3.05) is 19.8 Å². The predicted molar refractivity (Wildman–Crippen MR) is 200 cm³/mol. The topological polar surface area (TPSA) is 85.5 Å². The Labute approximate surface area is 281 Å². The molecular formula is C40H63N3O3. The van der Waals surface area contributed by atoms with Crippen molar-refractivity contribution in [1.29, 1.82) is 0 Å². The Balaban J connectivity index is 0.000000822. The molecule has 2 heterocycles. The molecular weight excluding hydrogens is 570 g/mol. The zero-order chi connectivity index (χ0) is 34.8. The highest BCUT2D eigenvalue weighted by Crippen LogP contribution is 2.32. The van der Waals surface area contributed by atoms with Gasteiger partial charge in [-0.05, 0) is 51.9 Å². The van der Waals surface area contributed by atoms with Crippen molar-refractivity contribution >= 4 is 17.4 Å². The number of fused-ring (bicyclic) bond motifs is 1. The highest BCUT2D eigenvalue weighted by molar-refractivity contribution is 6.48. The van der Waals surface area contributed by atoms with Crippen LogP contribution < -0.4 is 0 Å². The number of benzene rings is 1. The molecule has 0 aromatic heterocycles. The summed E-state index contributed by atoms with van der Waals surface area (Å²) in [6.45, 7) is 20.6. The quantitative estimate of drug-likeness (QED) is 0.313. The summed E-state index contributed by atoms with van der Waals surface area (Å²) in [5.74, 6) is -0.632. The van der Waals surface area contributed by atoms with E-state index in [9.17, 15) is 4.79 Å². The maximum Gasteiger partial charge on any atom is 0.303 e. The number of hydrogen-bond donors (Lipinski definition) is 2. The molecule has 1 fully saturated rings. The van der Waals surface area contributed by atoms with Crippen molar-refractivity contribution in [2.45, 2.75) is 112 Å². The number of hydrogen-bond acceptors (Lipinski definition) is 5. The van der Waals surface area contributed by atoms with Gasteiger partial charge in [-0.15, -0.1) is 0 Å². The zero-order valence-corrected chi connectivity index (χ0v) is 30.2. The standard InChI is InChI=1S/C22H26N2O2.C7H8.C5H11NO.3C2H6/c1-15(14-20(25)26)9-10-18-21(17-7-5-4-6-8-17)24-22(3)12-11-16(2)13-19(22)23-18;1-2-4-6-7-5-3-1;7-5-6-3-1-2-4-6;3*1-2/h4-8,11-13,15,19H,9-10,14H2,1-3H3,(H,25,26);1-6H,7H2;7H,1-5H2;3*1-2H3. The highest BCUT2D eigenvalue weighted by atomic mass is 16.4. The van der Waals surface area contributed by atoms with Crippen LogP contribution in [0.5, 0.6) is 0 Å². The molecule has 256 valence electrons. The largest absolute Gasteiger partial charge is 0.481 e. The first-order chi connectivity index (χ1) is 22.3. The van der Waals surface area contributed by atoms with Gasteiger partial charge in [0, 0.05) is 25.1 Å². The smallest absolute Gasteiger partial charge is 0.303 e. The molecule has 6 nitrogen and oxygen atoms in total. The van der Waals surface area contributed by atoms with Gasteiger partial charge < -0.3 is 10.2 Å². The van der Waals surface area contributed by atoms with Crippen LogP contribution >= 0.6 is 0 Å². The first-order valence-electron chi connectivity index (χ1n) is 17.4. The molecule has 0 bridgehead atoms. The fourth-order valence-electron chi connectivity index (χ4n) is 4.92. The Morgan fingerprint density at radius 2 is 1.57 bits per heavy atom. The maximum absolute atomic E-state index is 10.9. The van der Waals surface area contributed by atoms with E-state index in [1.807, 2.05) is 83.7 Å². The molecule has 5 rings (SSSR count). The number of carboxylic acids is 1. The van der Waals surface area contributed by atoms with Gasteiger partial charge in [-0.1, -0.05) is 139 Å². The average Bonchev–Trinajstić information content (AvgIpc) is 3.45. The number of rotatable bonds is 7. The van der Waals surface area contributed by atoms with E-state index in [1.54, 1.807) is 0 Å². The molecule has 0 radical (unpaired) electrons. The van der Waals surface area contributed by atoms with E-state index in [1.165, 1.54) is 18.4 Å². The molecule has 0 spiro atoms. The van der Waals surface area contributed by atoms with E-state index in [-0.39, 0.29) is 30.7 Å². The molecule has 1 saturated heterocycles. The lowest BCUT2D eigenvalue weighted by Gasteiger charge is -2.35. The van der Waals surface area contributed by atoms with Crippen molar-refractivity contribution in [3.8, 4) is 0 Å². The molecule has 0 saturated carbocycles. The Kier molecular flexibility index (Phi) is 23.9. The van der Waals surface area contributed by atoms with Crippen molar-refractivity contribution in [3.63, 3.8) is 0 Å². The summed E-state index contributed by atoms with van der Waals surface area (Å²) in [5.41, 5.74) is 3.82. The maximum atomic E-state index is 10.9. The predicted octanol–water partition coefficient (Wildman–Crippen LogP) is 9.63.